The number of carbonyl (C=O) groups excluding carboxylic acids is 1. The average Bonchev–Trinajstić information content (AvgIpc) is 3.53. The van der Waals surface area contributed by atoms with E-state index in [0.29, 0.717) is 30.4 Å². The van der Waals surface area contributed by atoms with Crippen molar-refractivity contribution in [2.45, 2.75) is 19.3 Å². The summed E-state index contributed by atoms with van der Waals surface area (Å²) in [4.78, 5) is 28.3. The zero-order valence-electron chi connectivity index (χ0n) is 25.4. The number of ether oxygens (including phenoxy) is 2. The summed E-state index contributed by atoms with van der Waals surface area (Å²) in [6, 6.07) is 25.8. The first-order valence-electron chi connectivity index (χ1n) is 14.5. The Balaban J connectivity index is 1.31. The molecule has 6 rings (SSSR count). The van der Waals surface area contributed by atoms with E-state index in [0.717, 1.165) is 46.5 Å². The highest BCUT2D eigenvalue weighted by atomic mass is 19.4. The van der Waals surface area contributed by atoms with Crippen LogP contribution in [0.3, 0.4) is 0 Å². The van der Waals surface area contributed by atoms with Gasteiger partial charge in [-0.25, -0.2) is 15.0 Å². The van der Waals surface area contributed by atoms with Crippen molar-refractivity contribution >= 4 is 23.2 Å². The predicted molar refractivity (Wildman–Crippen MR) is 171 cm³/mol. The number of methoxy groups -OCH3 is 2. The minimum absolute atomic E-state index is 0.197. The van der Waals surface area contributed by atoms with Gasteiger partial charge in [0.2, 0.25) is 5.95 Å². The normalized spacial score (nSPS) is 11.3. The van der Waals surface area contributed by atoms with Gasteiger partial charge in [0, 0.05) is 36.6 Å². The van der Waals surface area contributed by atoms with Crippen LogP contribution in [0.2, 0.25) is 0 Å². The summed E-state index contributed by atoms with van der Waals surface area (Å²) in [5.74, 6) is 1.98. The van der Waals surface area contributed by atoms with Gasteiger partial charge >= 0.3 is 6.18 Å². The molecule has 3 aromatic carbocycles. The first-order valence-corrected chi connectivity index (χ1v) is 14.5. The van der Waals surface area contributed by atoms with Crippen molar-refractivity contribution < 1.29 is 27.4 Å². The van der Waals surface area contributed by atoms with Crippen LogP contribution < -0.4 is 19.7 Å². The monoisotopic (exact) mass is 638 g/mol. The summed E-state index contributed by atoms with van der Waals surface area (Å²) in [6.45, 7) is 1.06. The van der Waals surface area contributed by atoms with Crippen molar-refractivity contribution in [2.75, 3.05) is 24.4 Å². The second kappa shape index (κ2) is 13.2. The first-order chi connectivity index (χ1) is 22.7. The van der Waals surface area contributed by atoms with Crippen LogP contribution in [0.1, 0.15) is 27.0 Å². The Morgan fingerprint density at radius 2 is 1.38 bits per heavy atom. The summed E-state index contributed by atoms with van der Waals surface area (Å²) in [6.07, 6.45) is -0.0629. The molecule has 0 aliphatic carbocycles. The number of nitrogens with one attached hydrogen (secondary N) is 1. The molecule has 0 aliphatic rings. The largest absolute Gasteiger partial charge is 0.497 e. The lowest BCUT2D eigenvalue weighted by atomic mass is 10.1. The molecular formula is C35H29F3N6O3. The average molecular weight is 639 g/mol. The van der Waals surface area contributed by atoms with Gasteiger partial charge in [0.05, 0.1) is 31.5 Å². The third-order valence-corrected chi connectivity index (χ3v) is 7.51. The number of alkyl halides is 3. The smallest absolute Gasteiger partial charge is 0.416 e. The maximum Gasteiger partial charge on any atom is 0.416 e. The molecular weight excluding hydrogens is 609 g/mol. The highest BCUT2D eigenvalue weighted by molar-refractivity contribution is 6.04. The van der Waals surface area contributed by atoms with Crippen LogP contribution in [0.5, 0.6) is 11.5 Å². The molecule has 3 aromatic heterocycles. The van der Waals surface area contributed by atoms with Crippen LogP contribution in [0.25, 0.3) is 16.9 Å². The SMILES string of the molecule is COc1ccc(CN(Cc2ccc(OC)cc2)c2nccc3cnc(-c4ccc(C(=O)Nc5cc(C(F)(F)F)ccn5)cc4)n23)cc1. The molecule has 47 heavy (non-hydrogen) atoms. The number of fused-ring (bicyclic) bond motifs is 1. The lowest BCUT2D eigenvalue weighted by molar-refractivity contribution is -0.137. The minimum Gasteiger partial charge on any atom is -0.497 e. The quantitative estimate of drug-likeness (QED) is 0.169. The maximum absolute atomic E-state index is 13.1. The molecule has 1 N–H and O–H groups in total. The Morgan fingerprint density at radius 3 is 1.96 bits per heavy atom. The summed E-state index contributed by atoms with van der Waals surface area (Å²) >= 11 is 0. The standard InChI is InChI=1S/C35H29F3N6O3/c1-46-29-11-3-23(4-12-29)21-43(22-24-5-13-30(47-2)14-6-24)34-40-18-16-28-20-41-32(44(28)34)25-7-9-26(10-8-25)33(45)42-31-19-27(15-17-39-31)35(36,37)38/h3-20H,21-22H2,1-2H3,(H,39,42,45). The lowest BCUT2D eigenvalue weighted by Crippen LogP contribution is -2.25. The van der Waals surface area contributed by atoms with Gasteiger partial charge < -0.3 is 19.7 Å². The molecule has 0 saturated carbocycles. The number of rotatable bonds is 10. The summed E-state index contributed by atoms with van der Waals surface area (Å²) < 4.78 is 51.9. The van der Waals surface area contributed by atoms with Gasteiger partial charge in [-0.1, -0.05) is 36.4 Å². The van der Waals surface area contributed by atoms with Crippen molar-refractivity contribution in [3.63, 3.8) is 0 Å². The highest BCUT2D eigenvalue weighted by Gasteiger charge is 2.31. The zero-order chi connectivity index (χ0) is 33.0. The van der Waals surface area contributed by atoms with Crippen LogP contribution >= 0.6 is 0 Å². The van der Waals surface area contributed by atoms with E-state index in [1.807, 2.05) is 59.0 Å². The molecule has 0 radical (unpaired) electrons. The van der Waals surface area contributed by atoms with Gasteiger partial charge in [-0.15, -0.1) is 0 Å². The van der Waals surface area contributed by atoms with Crippen molar-refractivity contribution in [1.29, 1.82) is 0 Å². The Kier molecular flexibility index (Phi) is 8.74. The second-order valence-corrected chi connectivity index (χ2v) is 10.6. The fourth-order valence-electron chi connectivity index (χ4n) is 5.09. The van der Waals surface area contributed by atoms with Gasteiger partial charge in [0.25, 0.3) is 5.91 Å². The van der Waals surface area contributed by atoms with E-state index in [2.05, 4.69) is 20.2 Å². The van der Waals surface area contributed by atoms with E-state index in [-0.39, 0.29) is 11.4 Å². The molecule has 0 spiro atoms. The van der Waals surface area contributed by atoms with Gasteiger partial charge in [-0.3, -0.25) is 9.20 Å². The Hall–Kier alpha value is -5.91. The third-order valence-electron chi connectivity index (χ3n) is 7.51. The Labute approximate surface area is 268 Å². The van der Waals surface area contributed by atoms with Crippen molar-refractivity contribution in [3.05, 3.63) is 132 Å². The molecule has 12 heteroatoms. The molecule has 6 aromatic rings. The predicted octanol–water partition coefficient (Wildman–Crippen LogP) is 7.29. The molecule has 0 atom stereocenters. The second-order valence-electron chi connectivity index (χ2n) is 10.6. The summed E-state index contributed by atoms with van der Waals surface area (Å²) in [7, 11) is 3.26. The van der Waals surface area contributed by atoms with E-state index >= 15 is 0 Å². The minimum atomic E-state index is -4.55. The Morgan fingerprint density at radius 1 is 0.787 bits per heavy atom. The molecule has 238 valence electrons. The summed E-state index contributed by atoms with van der Waals surface area (Å²) in [5, 5.41) is 2.44. The molecule has 0 bridgehead atoms. The molecule has 1 amide bonds. The van der Waals surface area contributed by atoms with Crippen LogP contribution in [-0.4, -0.2) is 39.5 Å². The lowest BCUT2D eigenvalue weighted by Gasteiger charge is -2.25. The van der Waals surface area contributed by atoms with Gasteiger partial charge in [0.1, 0.15) is 23.1 Å². The van der Waals surface area contributed by atoms with E-state index in [1.54, 1.807) is 50.9 Å². The van der Waals surface area contributed by atoms with Gasteiger partial charge in [0.15, 0.2) is 0 Å². The van der Waals surface area contributed by atoms with Crippen LogP contribution in [-0.2, 0) is 19.3 Å². The van der Waals surface area contributed by atoms with Crippen molar-refractivity contribution in [2.24, 2.45) is 0 Å². The fraction of sp³-hybridized carbons (Fsp3) is 0.143. The van der Waals surface area contributed by atoms with E-state index in [4.69, 9.17) is 14.5 Å². The first kappa shape index (κ1) is 31.1. The molecule has 9 nitrogen and oxygen atoms in total. The number of aromatic nitrogens is 4. The summed E-state index contributed by atoms with van der Waals surface area (Å²) in [5.41, 5.74) is 2.96. The topological polar surface area (TPSA) is 93.9 Å². The van der Waals surface area contributed by atoms with E-state index in [9.17, 15) is 18.0 Å². The number of anilines is 2. The highest BCUT2D eigenvalue weighted by Crippen LogP contribution is 2.31. The number of carbonyl (C=O) groups is 1. The third kappa shape index (κ3) is 7.01. The van der Waals surface area contributed by atoms with Crippen molar-refractivity contribution in [1.82, 2.24) is 19.4 Å². The number of benzene rings is 3. The molecule has 0 saturated heterocycles. The number of imidazole rings is 1. The van der Waals surface area contributed by atoms with E-state index in [1.165, 1.54) is 0 Å². The molecule has 0 fully saturated rings. The number of hydrogen-bond donors (Lipinski definition) is 1. The van der Waals surface area contributed by atoms with Crippen molar-refractivity contribution in [3.8, 4) is 22.9 Å². The Bertz CT molecular complexity index is 1940. The van der Waals surface area contributed by atoms with Gasteiger partial charge in [-0.05, 0) is 65.7 Å². The van der Waals surface area contributed by atoms with E-state index < -0.39 is 17.6 Å². The molecule has 0 aliphatic heterocycles. The number of amides is 1. The van der Waals surface area contributed by atoms with Crippen LogP contribution in [0.4, 0.5) is 24.9 Å². The fourth-order valence-corrected chi connectivity index (χ4v) is 5.09. The number of halogens is 3. The van der Waals surface area contributed by atoms with Gasteiger partial charge in [-0.2, -0.15) is 13.2 Å². The van der Waals surface area contributed by atoms with Crippen LogP contribution in [0.15, 0.2) is 110 Å². The van der Waals surface area contributed by atoms with Crippen LogP contribution in [0, 0.1) is 0 Å². The molecule has 3 heterocycles. The maximum atomic E-state index is 13.1. The number of pyridine rings is 1. The number of nitrogens with zero attached hydrogens (tertiary/aromatic N) is 5. The number of hydrogen-bond acceptors (Lipinski definition) is 7. The zero-order valence-corrected chi connectivity index (χ0v) is 25.4. The molecule has 0 unspecified atom stereocenters.